The van der Waals surface area contributed by atoms with Gasteiger partial charge in [0.05, 0.1) is 10.9 Å². The van der Waals surface area contributed by atoms with Crippen molar-refractivity contribution in [2.24, 2.45) is 5.92 Å². The summed E-state index contributed by atoms with van der Waals surface area (Å²) in [6, 6.07) is 13.6. The molecule has 5 rings (SSSR count). The summed E-state index contributed by atoms with van der Waals surface area (Å²) in [6.07, 6.45) is 5.27. The molecule has 1 aliphatic carbocycles. The minimum atomic E-state index is -0.536. The maximum Gasteiger partial charge on any atom is 0.352 e. The van der Waals surface area contributed by atoms with E-state index in [4.69, 9.17) is 0 Å². The second-order valence-electron chi connectivity index (χ2n) is 10.2. The van der Waals surface area contributed by atoms with Crippen LogP contribution in [-0.4, -0.2) is 36.5 Å². The molecule has 1 amide bonds. The van der Waals surface area contributed by atoms with Crippen LogP contribution in [0.5, 0.6) is 0 Å². The predicted octanol–water partition coefficient (Wildman–Crippen LogP) is 3.41. The average Bonchev–Trinajstić information content (AvgIpc) is 3.22. The summed E-state index contributed by atoms with van der Waals surface area (Å²) in [5.74, 6) is -0.221. The highest BCUT2D eigenvalue weighted by atomic mass is 16.2. The molecule has 1 aliphatic rings. The van der Waals surface area contributed by atoms with Crippen molar-refractivity contribution in [2.45, 2.75) is 65.1 Å². The Morgan fingerprint density at radius 2 is 1.73 bits per heavy atom. The Bertz CT molecular complexity index is 1590. The number of carbonyl (C=O) groups is 2. The van der Waals surface area contributed by atoms with E-state index in [0.717, 1.165) is 30.4 Å². The van der Waals surface area contributed by atoms with Gasteiger partial charge in [-0.3, -0.25) is 19.0 Å². The molecule has 0 radical (unpaired) electrons. The van der Waals surface area contributed by atoms with Gasteiger partial charge in [0.2, 0.25) is 5.78 Å². The monoisotopic (exact) mass is 501 g/mol. The molecule has 0 bridgehead atoms. The molecule has 192 valence electrons. The van der Waals surface area contributed by atoms with Crippen molar-refractivity contribution in [1.29, 1.82) is 0 Å². The van der Waals surface area contributed by atoms with Crippen LogP contribution in [0.25, 0.3) is 16.7 Å². The second kappa shape index (κ2) is 10.2. The number of hydrogen-bond acceptors (Lipinski definition) is 5. The number of nitrogens with zero attached hydrogens (tertiary/aromatic N) is 4. The number of Topliss-reactive ketones (excluding diaryl/α,β-unsaturated/α-hetero) is 1. The Kier molecular flexibility index (Phi) is 6.78. The SMILES string of the molecule is CC(C)Cn1c(=O)c2ccc(C(=O)NC3CCCCC3)cc2n2c(=O)n(CC(=O)c3ccccc3)nc12. The van der Waals surface area contributed by atoms with Crippen LogP contribution in [-0.2, 0) is 13.1 Å². The van der Waals surface area contributed by atoms with Crippen LogP contribution in [0, 0.1) is 5.92 Å². The van der Waals surface area contributed by atoms with Gasteiger partial charge in [-0.15, -0.1) is 5.10 Å². The van der Waals surface area contributed by atoms with Crippen molar-refractivity contribution in [3.8, 4) is 0 Å². The maximum atomic E-state index is 13.6. The largest absolute Gasteiger partial charge is 0.352 e. The van der Waals surface area contributed by atoms with Crippen LogP contribution in [0.4, 0.5) is 0 Å². The fourth-order valence-electron chi connectivity index (χ4n) is 5.06. The topological polar surface area (TPSA) is 107 Å². The average molecular weight is 502 g/mol. The van der Waals surface area contributed by atoms with Gasteiger partial charge in [-0.2, -0.15) is 0 Å². The third-order valence-electron chi connectivity index (χ3n) is 6.92. The number of hydrogen-bond donors (Lipinski definition) is 1. The molecule has 0 saturated heterocycles. The van der Waals surface area contributed by atoms with Crippen molar-refractivity contribution >= 4 is 28.4 Å². The molecule has 9 nitrogen and oxygen atoms in total. The number of fused-ring (bicyclic) bond motifs is 3. The quantitative estimate of drug-likeness (QED) is 0.391. The highest BCUT2D eigenvalue weighted by Crippen LogP contribution is 2.19. The molecule has 2 heterocycles. The van der Waals surface area contributed by atoms with Crippen LogP contribution in [0.3, 0.4) is 0 Å². The van der Waals surface area contributed by atoms with Crippen LogP contribution in [0.15, 0.2) is 58.1 Å². The van der Waals surface area contributed by atoms with Crippen molar-refractivity contribution in [3.63, 3.8) is 0 Å². The molecular formula is C28H31N5O4. The molecule has 4 aromatic rings. The number of aromatic nitrogens is 4. The van der Waals surface area contributed by atoms with Crippen LogP contribution < -0.4 is 16.6 Å². The summed E-state index contributed by atoms with van der Waals surface area (Å²) >= 11 is 0. The highest BCUT2D eigenvalue weighted by molar-refractivity contribution is 5.98. The molecule has 9 heteroatoms. The van der Waals surface area contributed by atoms with E-state index in [1.165, 1.54) is 15.4 Å². The van der Waals surface area contributed by atoms with Crippen molar-refractivity contribution < 1.29 is 9.59 Å². The first kappa shape index (κ1) is 24.7. The third kappa shape index (κ3) is 4.85. The Morgan fingerprint density at radius 1 is 1.00 bits per heavy atom. The minimum Gasteiger partial charge on any atom is -0.349 e. The molecule has 2 aromatic heterocycles. The number of nitrogens with one attached hydrogen (secondary N) is 1. The number of rotatable bonds is 7. The summed E-state index contributed by atoms with van der Waals surface area (Å²) in [7, 11) is 0. The Hall–Kier alpha value is -4.01. The lowest BCUT2D eigenvalue weighted by Gasteiger charge is -2.22. The van der Waals surface area contributed by atoms with Gasteiger partial charge in [0.15, 0.2) is 5.78 Å². The smallest absolute Gasteiger partial charge is 0.349 e. The van der Waals surface area contributed by atoms with E-state index in [1.807, 2.05) is 19.9 Å². The first-order valence-electron chi connectivity index (χ1n) is 12.9. The fraction of sp³-hybridized carbons (Fsp3) is 0.393. The molecule has 37 heavy (non-hydrogen) atoms. The van der Waals surface area contributed by atoms with E-state index in [9.17, 15) is 19.2 Å². The zero-order valence-corrected chi connectivity index (χ0v) is 21.1. The molecule has 0 unspecified atom stereocenters. The van der Waals surface area contributed by atoms with E-state index in [-0.39, 0.29) is 41.5 Å². The maximum absolute atomic E-state index is 13.6. The van der Waals surface area contributed by atoms with Crippen LogP contribution >= 0.6 is 0 Å². The number of ketones is 1. The number of amides is 1. The third-order valence-corrected chi connectivity index (χ3v) is 6.92. The van der Waals surface area contributed by atoms with Gasteiger partial charge < -0.3 is 5.32 Å². The summed E-state index contributed by atoms with van der Waals surface area (Å²) in [5.41, 5.74) is 0.325. The number of benzene rings is 2. The van der Waals surface area contributed by atoms with Gasteiger partial charge in [0.1, 0.15) is 6.54 Å². The molecule has 1 saturated carbocycles. The Morgan fingerprint density at radius 3 is 2.43 bits per heavy atom. The normalized spacial score (nSPS) is 14.5. The van der Waals surface area contributed by atoms with E-state index < -0.39 is 5.69 Å². The van der Waals surface area contributed by atoms with E-state index in [1.54, 1.807) is 42.5 Å². The lowest BCUT2D eigenvalue weighted by atomic mass is 9.95. The lowest BCUT2D eigenvalue weighted by molar-refractivity contribution is 0.0926. The van der Waals surface area contributed by atoms with Gasteiger partial charge >= 0.3 is 5.69 Å². The van der Waals surface area contributed by atoms with Crippen molar-refractivity contribution in [1.82, 2.24) is 24.1 Å². The molecule has 0 aliphatic heterocycles. The molecule has 1 fully saturated rings. The predicted molar refractivity (Wildman–Crippen MR) is 141 cm³/mol. The number of carbonyl (C=O) groups excluding carboxylic acids is 2. The van der Waals surface area contributed by atoms with E-state index in [0.29, 0.717) is 28.6 Å². The summed E-state index contributed by atoms with van der Waals surface area (Å²) < 4.78 is 3.91. The molecule has 0 spiro atoms. The van der Waals surface area contributed by atoms with Crippen molar-refractivity contribution in [3.05, 3.63) is 80.5 Å². The molecule has 2 aromatic carbocycles. The zero-order chi connectivity index (χ0) is 26.1. The van der Waals surface area contributed by atoms with Gasteiger partial charge in [0, 0.05) is 23.7 Å². The Labute approximate surface area is 213 Å². The van der Waals surface area contributed by atoms with E-state index >= 15 is 0 Å². The van der Waals surface area contributed by atoms with Crippen LogP contribution in [0.1, 0.15) is 66.7 Å². The van der Waals surface area contributed by atoms with Crippen LogP contribution in [0.2, 0.25) is 0 Å². The molecule has 0 atom stereocenters. The lowest BCUT2D eigenvalue weighted by Crippen LogP contribution is -2.36. The van der Waals surface area contributed by atoms with E-state index in [2.05, 4.69) is 10.4 Å². The Balaban J connectivity index is 1.63. The summed E-state index contributed by atoms with van der Waals surface area (Å²) in [4.78, 5) is 52.9. The second-order valence-corrected chi connectivity index (χ2v) is 10.2. The van der Waals surface area contributed by atoms with Gasteiger partial charge in [-0.25, -0.2) is 13.9 Å². The minimum absolute atomic E-state index is 0.116. The first-order chi connectivity index (χ1) is 17.8. The van der Waals surface area contributed by atoms with Crippen molar-refractivity contribution in [2.75, 3.05) is 0 Å². The van der Waals surface area contributed by atoms with Gasteiger partial charge in [-0.1, -0.05) is 63.4 Å². The fourth-order valence-corrected chi connectivity index (χ4v) is 5.06. The zero-order valence-electron chi connectivity index (χ0n) is 21.1. The van der Waals surface area contributed by atoms with Gasteiger partial charge in [0.25, 0.3) is 11.5 Å². The summed E-state index contributed by atoms with van der Waals surface area (Å²) in [5, 5.41) is 7.83. The summed E-state index contributed by atoms with van der Waals surface area (Å²) in [6.45, 7) is 4.04. The molecule has 1 N–H and O–H groups in total. The van der Waals surface area contributed by atoms with Gasteiger partial charge in [-0.05, 0) is 37.0 Å². The molecular weight excluding hydrogens is 470 g/mol. The standard InChI is InChI=1S/C28H31N5O4/c1-18(2)16-31-26(36)22-14-13-20(25(35)29-21-11-7-4-8-12-21)15-23(22)33-27(31)30-32(28(33)37)17-24(34)19-9-5-3-6-10-19/h3,5-6,9-10,13-15,18,21H,4,7-8,11-12,16-17H2,1-2H3,(H,29,35). The first-order valence-corrected chi connectivity index (χ1v) is 12.9. The highest BCUT2D eigenvalue weighted by Gasteiger charge is 2.22.